The van der Waals surface area contributed by atoms with E-state index < -0.39 is 10.0 Å². The predicted octanol–water partition coefficient (Wildman–Crippen LogP) is 2.96. The van der Waals surface area contributed by atoms with E-state index in [9.17, 15) is 13.2 Å². The quantitative estimate of drug-likeness (QED) is 0.839. The number of carbonyl (C=O) groups is 1. The number of aryl methyl sites for hydroxylation is 1. The number of amides is 1. The average Bonchev–Trinajstić information content (AvgIpc) is 2.49. The Hall–Kier alpha value is -1.89. The molecule has 0 fully saturated rings. The van der Waals surface area contributed by atoms with Crippen molar-refractivity contribution < 1.29 is 13.2 Å². The van der Waals surface area contributed by atoms with Gasteiger partial charge in [0.25, 0.3) is 0 Å². The lowest BCUT2D eigenvalue weighted by molar-refractivity contribution is -0.116. The first-order chi connectivity index (χ1) is 10.9. The van der Waals surface area contributed by atoms with Crippen LogP contribution in [0.2, 0.25) is 5.02 Å². The highest BCUT2D eigenvalue weighted by Crippen LogP contribution is 2.15. The van der Waals surface area contributed by atoms with Gasteiger partial charge in [0.1, 0.15) is 0 Å². The zero-order valence-electron chi connectivity index (χ0n) is 12.5. The zero-order chi connectivity index (χ0) is 16.9. The highest BCUT2D eigenvalue weighted by atomic mass is 35.5. The SMILES string of the molecule is Cc1ccc(NC(=O)CCNS(=O)(=O)c2cccc(Cl)c2)cc1. The third-order valence-electron chi connectivity index (χ3n) is 3.09. The van der Waals surface area contributed by atoms with Crippen molar-refractivity contribution in [1.29, 1.82) is 0 Å². The first kappa shape index (κ1) is 17.5. The molecule has 0 bridgehead atoms. The van der Waals surface area contributed by atoms with Gasteiger partial charge in [0, 0.05) is 23.7 Å². The molecule has 1 amide bonds. The lowest BCUT2D eigenvalue weighted by Crippen LogP contribution is -2.27. The van der Waals surface area contributed by atoms with Gasteiger partial charge < -0.3 is 5.32 Å². The monoisotopic (exact) mass is 352 g/mol. The van der Waals surface area contributed by atoms with Gasteiger partial charge in [-0.25, -0.2) is 13.1 Å². The summed E-state index contributed by atoms with van der Waals surface area (Å²) in [5, 5.41) is 3.05. The van der Waals surface area contributed by atoms with Crippen molar-refractivity contribution in [1.82, 2.24) is 4.72 Å². The van der Waals surface area contributed by atoms with E-state index in [2.05, 4.69) is 10.0 Å². The Kier molecular flexibility index (Phi) is 5.76. The molecule has 122 valence electrons. The van der Waals surface area contributed by atoms with Crippen LogP contribution in [-0.4, -0.2) is 20.9 Å². The Balaban J connectivity index is 1.86. The Labute approximate surface area is 140 Å². The Bertz CT molecular complexity index is 789. The Morgan fingerprint density at radius 3 is 2.48 bits per heavy atom. The fourth-order valence-electron chi connectivity index (χ4n) is 1.88. The molecule has 0 saturated heterocycles. The predicted molar refractivity (Wildman–Crippen MR) is 91.1 cm³/mol. The molecule has 5 nitrogen and oxygen atoms in total. The molecule has 0 aliphatic carbocycles. The summed E-state index contributed by atoms with van der Waals surface area (Å²) < 4.78 is 26.5. The van der Waals surface area contributed by atoms with Crippen LogP contribution in [0.4, 0.5) is 5.69 Å². The standard InChI is InChI=1S/C16H17ClN2O3S/c1-12-5-7-14(8-6-12)19-16(20)9-10-18-23(21,22)15-4-2-3-13(17)11-15/h2-8,11,18H,9-10H2,1H3,(H,19,20). The molecular weight excluding hydrogens is 336 g/mol. The molecule has 0 radical (unpaired) electrons. The van der Waals surface area contributed by atoms with Crippen molar-refractivity contribution in [2.45, 2.75) is 18.2 Å². The van der Waals surface area contributed by atoms with Gasteiger partial charge in [0.2, 0.25) is 15.9 Å². The van der Waals surface area contributed by atoms with Crippen molar-refractivity contribution in [2.24, 2.45) is 0 Å². The summed E-state index contributed by atoms with van der Waals surface area (Å²) in [5.41, 5.74) is 1.77. The normalized spacial score (nSPS) is 11.2. The van der Waals surface area contributed by atoms with E-state index in [0.29, 0.717) is 10.7 Å². The van der Waals surface area contributed by atoms with Gasteiger partial charge >= 0.3 is 0 Å². The number of rotatable bonds is 6. The molecule has 0 aliphatic heterocycles. The average molecular weight is 353 g/mol. The molecule has 7 heteroatoms. The molecule has 2 rings (SSSR count). The Morgan fingerprint density at radius 2 is 1.83 bits per heavy atom. The van der Waals surface area contributed by atoms with Crippen molar-refractivity contribution in [3.63, 3.8) is 0 Å². The van der Waals surface area contributed by atoms with E-state index in [-0.39, 0.29) is 23.8 Å². The fourth-order valence-corrected chi connectivity index (χ4v) is 3.21. The van der Waals surface area contributed by atoms with Gasteiger partial charge in [0.15, 0.2) is 0 Å². The van der Waals surface area contributed by atoms with Gasteiger partial charge in [-0.3, -0.25) is 4.79 Å². The summed E-state index contributed by atoms with van der Waals surface area (Å²) in [4.78, 5) is 11.9. The minimum Gasteiger partial charge on any atom is -0.326 e. The molecule has 0 aromatic heterocycles. The third-order valence-corrected chi connectivity index (χ3v) is 4.78. The van der Waals surface area contributed by atoms with Crippen molar-refractivity contribution in [3.8, 4) is 0 Å². The number of anilines is 1. The largest absolute Gasteiger partial charge is 0.326 e. The van der Waals surface area contributed by atoms with Gasteiger partial charge in [-0.1, -0.05) is 35.4 Å². The van der Waals surface area contributed by atoms with E-state index in [1.165, 1.54) is 12.1 Å². The fraction of sp³-hybridized carbons (Fsp3) is 0.188. The van der Waals surface area contributed by atoms with Crippen LogP contribution in [0.15, 0.2) is 53.4 Å². The molecule has 0 spiro atoms. The number of carbonyl (C=O) groups excluding carboxylic acids is 1. The van der Waals surface area contributed by atoms with E-state index in [1.807, 2.05) is 19.1 Å². The summed E-state index contributed by atoms with van der Waals surface area (Å²) in [6.07, 6.45) is 0.0354. The molecule has 2 aromatic rings. The first-order valence-electron chi connectivity index (χ1n) is 6.98. The van der Waals surface area contributed by atoms with Gasteiger partial charge in [-0.2, -0.15) is 0 Å². The topological polar surface area (TPSA) is 75.3 Å². The highest BCUT2D eigenvalue weighted by molar-refractivity contribution is 7.89. The summed E-state index contributed by atoms with van der Waals surface area (Å²) in [7, 11) is -3.67. The Morgan fingerprint density at radius 1 is 1.13 bits per heavy atom. The van der Waals surface area contributed by atoms with E-state index in [4.69, 9.17) is 11.6 Å². The second kappa shape index (κ2) is 7.59. The summed E-state index contributed by atoms with van der Waals surface area (Å²) in [6.45, 7) is 1.96. The number of hydrogen-bond donors (Lipinski definition) is 2. The summed E-state index contributed by atoms with van der Waals surface area (Å²) in [6, 6.07) is 13.3. The van der Waals surface area contributed by atoms with Crippen molar-refractivity contribution in [2.75, 3.05) is 11.9 Å². The van der Waals surface area contributed by atoms with Crippen LogP contribution in [-0.2, 0) is 14.8 Å². The van der Waals surface area contributed by atoms with E-state index in [0.717, 1.165) is 5.56 Å². The molecular formula is C16H17ClN2O3S. The highest BCUT2D eigenvalue weighted by Gasteiger charge is 2.14. The molecule has 0 unspecified atom stereocenters. The van der Waals surface area contributed by atoms with Gasteiger partial charge in [-0.05, 0) is 37.3 Å². The van der Waals surface area contributed by atoms with Crippen LogP contribution in [0.25, 0.3) is 0 Å². The van der Waals surface area contributed by atoms with Crippen LogP contribution >= 0.6 is 11.6 Å². The number of nitrogens with one attached hydrogen (secondary N) is 2. The zero-order valence-corrected chi connectivity index (χ0v) is 14.1. The molecule has 2 aromatic carbocycles. The maximum Gasteiger partial charge on any atom is 0.240 e. The lowest BCUT2D eigenvalue weighted by Gasteiger charge is -2.08. The maximum absolute atomic E-state index is 12.1. The number of sulfonamides is 1. The van der Waals surface area contributed by atoms with Crippen LogP contribution in [0.5, 0.6) is 0 Å². The van der Waals surface area contributed by atoms with Crippen LogP contribution in [0.3, 0.4) is 0 Å². The maximum atomic E-state index is 12.1. The molecule has 0 saturated carbocycles. The summed E-state index contributed by atoms with van der Waals surface area (Å²) >= 11 is 5.78. The van der Waals surface area contributed by atoms with Gasteiger partial charge in [0.05, 0.1) is 4.90 Å². The molecule has 0 aliphatic rings. The molecule has 0 atom stereocenters. The molecule has 23 heavy (non-hydrogen) atoms. The van der Waals surface area contributed by atoms with Gasteiger partial charge in [-0.15, -0.1) is 0 Å². The number of hydrogen-bond acceptors (Lipinski definition) is 3. The van der Waals surface area contributed by atoms with E-state index >= 15 is 0 Å². The van der Waals surface area contributed by atoms with Crippen molar-refractivity contribution >= 4 is 33.2 Å². The van der Waals surface area contributed by atoms with E-state index in [1.54, 1.807) is 24.3 Å². The van der Waals surface area contributed by atoms with Crippen LogP contribution in [0, 0.1) is 6.92 Å². The number of halogens is 1. The smallest absolute Gasteiger partial charge is 0.240 e. The summed E-state index contributed by atoms with van der Waals surface area (Å²) in [5.74, 6) is -0.261. The minimum absolute atomic E-state index is 0.00649. The second-order valence-electron chi connectivity index (χ2n) is 5.02. The molecule has 0 heterocycles. The molecule has 2 N–H and O–H groups in total. The van der Waals surface area contributed by atoms with Crippen LogP contribution in [0.1, 0.15) is 12.0 Å². The number of benzene rings is 2. The van der Waals surface area contributed by atoms with Crippen LogP contribution < -0.4 is 10.0 Å². The second-order valence-corrected chi connectivity index (χ2v) is 7.22. The lowest BCUT2D eigenvalue weighted by atomic mass is 10.2. The first-order valence-corrected chi connectivity index (χ1v) is 8.85. The minimum atomic E-state index is -3.67. The van der Waals surface area contributed by atoms with Crippen molar-refractivity contribution in [3.05, 3.63) is 59.1 Å². The third kappa shape index (κ3) is 5.35.